The summed E-state index contributed by atoms with van der Waals surface area (Å²) in [7, 11) is 0. The smallest absolute Gasteiger partial charge is 0.253 e. The highest BCUT2D eigenvalue weighted by Gasteiger charge is 2.12. The first-order valence-corrected chi connectivity index (χ1v) is 6.10. The van der Waals surface area contributed by atoms with Gasteiger partial charge in [0.2, 0.25) is 0 Å². The fraction of sp³-hybridized carbons (Fsp3) is 0.538. The number of halogens is 2. The van der Waals surface area contributed by atoms with Gasteiger partial charge in [-0.3, -0.25) is 9.78 Å². The zero-order valence-corrected chi connectivity index (χ0v) is 13.0. The van der Waals surface area contributed by atoms with Crippen LogP contribution in [0.5, 0.6) is 0 Å². The lowest BCUT2D eigenvalue weighted by Crippen LogP contribution is -2.40. The van der Waals surface area contributed by atoms with E-state index in [1.165, 1.54) is 0 Å². The molecule has 0 bridgehead atoms. The van der Waals surface area contributed by atoms with Crippen LogP contribution in [-0.2, 0) is 0 Å². The van der Waals surface area contributed by atoms with Gasteiger partial charge in [0.05, 0.1) is 5.56 Å². The van der Waals surface area contributed by atoms with Crippen LogP contribution in [0.4, 0.5) is 0 Å². The van der Waals surface area contributed by atoms with Gasteiger partial charge in [0, 0.05) is 25.0 Å². The standard InChI is InChI=1S/C13H21N3O.2ClH/c1-3-4-5-12(7-14)16-13(17)11-6-10(2)8-15-9-11;;/h6,8-9,12H,3-5,7,14H2,1-2H3,(H,16,17);2*1H. The molecule has 110 valence electrons. The number of nitrogens with two attached hydrogens (primary N) is 1. The summed E-state index contributed by atoms with van der Waals surface area (Å²) in [5.74, 6) is -0.0900. The molecule has 0 saturated heterocycles. The number of rotatable bonds is 6. The number of nitrogens with zero attached hydrogens (tertiary/aromatic N) is 1. The zero-order chi connectivity index (χ0) is 12.7. The minimum Gasteiger partial charge on any atom is -0.348 e. The molecule has 0 aliphatic heterocycles. The molecule has 19 heavy (non-hydrogen) atoms. The number of carbonyl (C=O) groups excluding carboxylic acids is 1. The van der Waals surface area contributed by atoms with Crippen LogP contribution in [0.15, 0.2) is 18.5 Å². The molecule has 1 unspecified atom stereocenters. The van der Waals surface area contributed by atoms with Gasteiger partial charge in [-0.2, -0.15) is 0 Å². The molecule has 1 rings (SSSR count). The number of aryl methyl sites for hydroxylation is 1. The number of pyridine rings is 1. The van der Waals surface area contributed by atoms with Crippen molar-refractivity contribution in [2.24, 2.45) is 5.73 Å². The first kappa shape index (κ1) is 20.5. The fourth-order valence-electron chi connectivity index (χ4n) is 1.65. The summed E-state index contributed by atoms with van der Waals surface area (Å²) in [5, 5.41) is 2.94. The van der Waals surface area contributed by atoms with Crippen molar-refractivity contribution in [3.05, 3.63) is 29.6 Å². The molecule has 3 N–H and O–H groups in total. The summed E-state index contributed by atoms with van der Waals surface area (Å²) in [4.78, 5) is 15.9. The van der Waals surface area contributed by atoms with Crippen molar-refractivity contribution in [2.75, 3.05) is 6.54 Å². The van der Waals surface area contributed by atoms with Crippen molar-refractivity contribution in [2.45, 2.75) is 39.2 Å². The molecule has 1 amide bonds. The van der Waals surface area contributed by atoms with Crippen molar-refractivity contribution in [1.82, 2.24) is 10.3 Å². The van der Waals surface area contributed by atoms with Crippen molar-refractivity contribution in [3.63, 3.8) is 0 Å². The maximum absolute atomic E-state index is 11.9. The summed E-state index contributed by atoms with van der Waals surface area (Å²) >= 11 is 0. The highest BCUT2D eigenvalue weighted by atomic mass is 35.5. The van der Waals surface area contributed by atoms with Crippen LogP contribution in [0.1, 0.15) is 42.1 Å². The van der Waals surface area contributed by atoms with Crippen LogP contribution in [0.25, 0.3) is 0 Å². The summed E-state index contributed by atoms with van der Waals surface area (Å²) in [5.41, 5.74) is 7.22. The van der Waals surface area contributed by atoms with E-state index in [0.29, 0.717) is 12.1 Å². The molecule has 0 fully saturated rings. The van der Waals surface area contributed by atoms with Crippen LogP contribution < -0.4 is 11.1 Å². The third-order valence-corrected chi connectivity index (χ3v) is 2.66. The topological polar surface area (TPSA) is 68.0 Å². The molecule has 0 radical (unpaired) electrons. The lowest BCUT2D eigenvalue weighted by atomic mass is 10.1. The highest BCUT2D eigenvalue weighted by Crippen LogP contribution is 2.04. The van der Waals surface area contributed by atoms with Crippen LogP contribution in [0.3, 0.4) is 0 Å². The second kappa shape index (κ2) is 11.0. The molecule has 0 aliphatic rings. The first-order chi connectivity index (χ1) is 8.17. The van der Waals surface area contributed by atoms with Gasteiger partial charge < -0.3 is 11.1 Å². The molecule has 0 saturated carbocycles. The van der Waals surface area contributed by atoms with E-state index in [2.05, 4.69) is 17.2 Å². The second-order valence-corrected chi connectivity index (χ2v) is 4.30. The highest BCUT2D eigenvalue weighted by molar-refractivity contribution is 5.94. The Hall–Kier alpha value is -0.840. The van der Waals surface area contributed by atoms with Gasteiger partial charge in [0.15, 0.2) is 0 Å². The van der Waals surface area contributed by atoms with Gasteiger partial charge in [-0.15, -0.1) is 24.8 Å². The van der Waals surface area contributed by atoms with Crippen molar-refractivity contribution >= 4 is 30.7 Å². The van der Waals surface area contributed by atoms with Crippen molar-refractivity contribution in [1.29, 1.82) is 0 Å². The Labute approximate surface area is 127 Å². The number of amides is 1. The SMILES string of the molecule is CCCCC(CN)NC(=O)c1cncc(C)c1.Cl.Cl. The average Bonchev–Trinajstić information content (AvgIpc) is 2.34. The molecule has 6 heteroatoms. The Balaban J connectivity index is 0. The van der Waals surface area contributed by atoms with Crippen molar-refractivity contribution in [3.8, 4) is 0 Å². The normalized spacial score (nSPS) is 10.9. The quantitative estimate of drug-likeness (QED) is 0.848. The Morgan fingerprint density at radius 3 is 2.63 bits per heavy atom. The maximum Gasteiger partial charge on any atom is 0.253 e. The van der Waals surface area contributed by atoms with Gasteiger partial charge in [-0.25, -0.2) is 0 Å². The van der Waals surface area contributed by atoms with E-state index in [1.54, 1.807) is 12.4 Å². The van der Waals surface area contributed by atoms with E-state index < -0.39 is 0 Å². The van der Waals surface area contributed by atoms with E-state index in [9.17, 15) is 4.79 Å². The predicted octanol–water partition coefficient (Wildman–Crippen LogP) is 2.48. The summed E-state index contributed by atoms with van der Waals surface area (Å²) < 4.78 is 0. The Morgan fingerprint density at radius 2 is 2.11 bits per heavy atom. The minimum atomic E-state index is -0.0900. The van der Waals surface area contributed by atoms with Gasteiger partial charge in [0.25, 0.3) is 5.91 Å². The lowest BCUT2D eigenvalue weighted by molar-refractivity contribution is 0.0935. The summed E-state index contributed by atoms with van der Waals surface area (Å²) in [6.07, 6.45) is 6.43. The Bertz CT molecular complexity index is 375. The number of carbonyl (C=O) groups is 1. The van der Waals surface area contributed by atoms with E-state index in [1.807, 2.05) is 13.0 Å². The van der Waals surface area contributed by atoms with E-state index in [0.717, 1.165) is 24.8 Å². The molecule has 4 nitrogen and oxygen atoms in total. The van der Waals surface area contributed by atoms with Gasteiger partial charge >= 0.3 is 0 Å². The first-order valence-electron chi connectivity index (χ1n) is 6.10. The maximum atomic E-state index is 11.9. The number of unbranched alkanes of at least 4 members (excludes halogenated alkanes) is 1. The molecule has 0 aliphatic carbocycles. The third-order valence-electron chi connectivity index (χ3n) is 2.66. The number of aromatic nitrogens is 1. The number of hydrogen-bond acceptors (Lipinski definition) is 3. The van der Waals surface area contributed by atoms with E-state index in [4.69, 9.17) is 5.73 Å². The monoisotopic (exact) mass is 307 g/mol. The molecule has 0 aromatic carbocycles. The van der Waals surface area contributed by atoms with Crippen LogP contribution >= 0.6 is 24.8 Å². The molecular weight excluding hydrogens is 285 g/mol. The molecule has 1 aromatic rings. The van der Waals surface area contributed by atoms with E-state index in [-0.39, 0.29) is 36.8 Å². The predicted molar refractivity (Wildman–Crippen MR) is 83.3 cm³/mol. The summed E-state index contributed by atoms with van der Waals surface area (Å²) in [6, 6.07) is 1.89. The number of nitrogens with one attached hydrogen (secondary N) is 1. The lowest BCUT2D eigenvalue weighted by Gasteiger charge is -2.16. The van der Waals surface area contributed by atoms with Gasteiger partial charge in [0.1, 0.15) is 0 Å². The molecule has 0 spiro atoms. The Morgan fingerprint density at radius 1 is 1.42 bits per heavy atom. The largest absolute Gasteiger partial charge is 0.348 e. The van der Waals surface area contributed by atoms with Crippen LogP contribution in [0, 0.1) is 6.92 Å². The Kier molecular flexibility index (Phi) is 11.9. The van der Waals surface area contributed by atoms with E-state index >= 15 is 0 Å². The average molecular weight is 308 g/mol. The molecular formula is C13H23Cl2N3O. The molecule has 1 aromatic heterocycles. The minimum absolute atomic E-state index is 0. The van der Waals surface area contributed by atoms with Gasteiger partial charge in [-0.05, 0) is 25.0 Å². The summed E-state index contributed by atoms with van der Waals surface area (Å²) in [6.45, 7) is 4.52. The van der Waals surface area contributed by atoms with Crippen molar-refractivity contribution < 1.29 is 4.79 Å². The molecule has 1 atom stereocenters. The van der Waals surface area contributed by atoms with Crippen LogP contribution in [-0.4, -0.2) is 23.5 Å². The van der Waals surface area contributed by atoms with Crippen LogP contribution in [0.2, 0.25) is 0 Å². The zero-order valence-electron chi connectivity index (χ0n) is 11.4. The fourth-order valence-corrected chi connectivity index (χ4v) is 1.65. The molecule has 1 heterocycles. The van der Waals surface area contributed by atoms with Gasteiger partial charge in [-0.1, -0.05) is 19.8 Å². The number of hydrogen-bond donors (Lipinski definition) is 2. The third kappa shape index (κ3) is 7.35. The second-order valence-electron chi connectivity index (χ2n) is 4.30.